The highest BCUT2D eigenvalue weighted by Gasteiger charge is 2.03. The van der Waals surface area contributed by atoms with Crippen molar-refractivity contribution in [2.24, 2.45) is 14.1 Å². The van der Waals surface area contributed by atoms with Crippen LogP contribution < -0.4 is 5.32 Å². The predicted molar refractivity (Wildman–Crippen MR) is 58.5 cm³/mol. The van der Waals surface area contributed by atoms with E-state index in [0.29, 0.717) is 6.54 Å². The number of aromatic nitrogens is 4. The Morgan fingerprint density at radius 3 is 2.60 bits per heavy atom. The highest BCUT2D eigenvalue weighted by molar-refractivity contribution is 5.41. The molecule has 0 radical (unpaired) electrons. The first kappa shape index (κ1) is 9.76. The second kappa shape index (κ2) is 3.76. The maximum atomic E-state index is 4.30. The fourth-order valence-electron chi connectivity index (χ4n) is 1.51. The van der Waals surface area contributed by atoms with Crippen LogP contribution >= 0.6 is 0 Å². The minimum absolute atomic E-state index is 0.707. The molecule has 0 spiro atoms. The van der Waals surface area contributed by atoms with Gasteiger partial charge in [0, 0.05) is 32.1 Å². The van der Waals surface area contributed by atoms with E-state index in [-0.39, 0.29) is 0 Å². The molecule has 0 amide bonds. The monoisotopic (exact) mass is 205 g/mol. The average Bonchev–Trinajstić information content (AvgIpc) is 2.70. The fraction of sp³-hybridized carbons (Fsp3) is 0.400. The van der Waals surface area contributed by atoms with Crippen molar-refractivity contribution in [1.29, 1.82) is 0 Å². The Hall–Kier alpha value is -1.78. The number of nitrogens with zero attached hydrogens (tertiary/aromatic N) is 4. The summed E-state index contributed by atoms with van der Waals surface area (Å²) in [6.45, 7) is 2.74. The molecule has 0 aromatic carbocycles. The van der Waals surface area contributed by atoms with E-state index in [1.807, 2.05) is 39.5 Å². The third-order valence-corrected chi connectivity index (χ3v) is 2.22. The number of hydrogen-bond donors (Lipinski definition) is 1. The Morgan fingerprint density at radius 1 is 1.27 bits per heavy atom. The van der Waals surface area contributed by atoms with Crippen molar-refractivity contribution in [1.82, 2.24) is 19.6 Å². The molecule has 5 heteroatoms. The molecule has 2 heterocycles. The smallest absolute Gasteiger partial charge is 0.151 e. The molecule has 0 atom stereocenters. The van der Waals surface area contributed by atoms with Crippen molar-refractivity contribution >= 4 is 5.82 Å². The van der Waals surface area contributed by atoms with Crippen LogP contribution in [-0.4, -0.2) is 19.6 Å². The van der Waals surface area contributed by atoms with E-state index in [9.17, 15) is 0 Å². The lowest BCUT2D eigenvalue weighted by Crippen LogP contribution is -2.03. The molecule has 0 saturated heterocycles. The summed E-state index contributed by atoms with van der Waals surface area (Å²) >= 11 is 0. The van der Waals surface area contributed by atoms with E-state index in [1.54, 1.807) is 9.36 Å². The SMILES string of the molecule is Cc1cn(C)nc1NCc1ccn(C)n1. The van der Waals surface area contributed by atoms with Crippen LogP contribution in [0, 0.1) is 6.92 Å². The molecular weight excluding hydrogens is 190 g/mol. The van der Waals surface area contributed by atoms with Gasteiger partial charge in [0.25, 0.3) is 0 Å². The number of nitrogens with one attached hydrogen (secondary N) is 1. The van der Waals surface area contributed by atoms with Gasteiger partial charge in [0.15, 0.2) is 5.82 Å². The van der Waals surface area contributed by atoms with Gasteiger partial charge >= 0.3 is 0 Å². The minimum atomic E-state index is 0.707. The molecule has 0 aliphatic carbocycles. The van der Waals surface area contributed by atoms with Gasteiger partial charge in [-0.3, -0.25) is 9.36 Å². The highest BCUT2D eigenvalue weighted by atomic mass is 15.3. The van der Waals surface area contributed by atoms with Crippen molar-refractivity contribution < 1.29 is 0 Å². The van der Waals surface area contributed by atoms with E-state index >= 15 is 0 Å². The largest absolute Gasteiger partial charge is 0.363 e. The standard InChI is InChI=1S/C10H15N5/c1-8-7-15(3)13-10(8)11-6-9-4-5-14(2)12-9/h4-5,7H,6H2,1-3H3,(H,11,13). The molecule has 0 unspecified atom stereocenters. The van der Waals surface area contributed by atoms with Gasteiger partial charge in [-0.05, 0) is 13.0 Å². The Labute approximate surface area is 88.7 Å². The highest BCUT2D eigenvalue weighted by Crippen LogP contribution is 2.11. The van der Waals surface area contributed by atoms with Gasteiger partial charge in [0.1, 0.15) is 0 Å². The molecule has 1 N–H and O–H groups in total. The second-order valence-corrected chi connectivity index (χ2v) is 3.67. The van der Waals surface area contributed by atoms with Crippen LogP contribution in [0.5, 0.6) is 0 Å². The van der Waals surface area contributed by atoms with E-state index in [2.05, 4.69) is 15.5 Å². The lowest BCUT2D eigenvalue weighted by molar-refractivity contribution is 0.743. The van der Waals surface area contributed by atoms with Crippen LogP contribution in [-0.2, 0) is 20.6 Å². The topological polar surface area (TPSA) is 47.7 Å². The summed E-state index contributed by atoms with van der Waals surface area (Å²) in [5.41, 5.74) is 2.16. The second-order valence-electron chi connectivity index (χ2n) is 3.67. The number of anilines is 1. The van der Waals surface area contributed by atoms with Crippen LogP contribution in [0.1, 0.15) is 11.3 Å². The summed E-state index contributed by atoms with van der Waals surface area (Å²) < 4.78 is 3.60. The van der Waals surface area contributed by atoms with Gasteiger partial charge in [0.2, 0.25) is 0 Å². The van der Waals surface area contributed by atoms with Gasteiger partial charge in [0.05, 0.1) is 12.2 Å². The quantitative estimate of drug-likeness (QED) is 0.815. The summed E-state index contributed by atoms with van der Waals surface area (Å²) in [6, 6.07) is 1.99. The molecular formula is C10H15N5. The Balaban J connectivity index is 2.01. The van der Waals surface area contributed by atoms with E-state index in [4.69, 9.17) is 0 Å². The van der Waals surface area contributed by atoms with Gasteiger partial charge in [-0.25, -0.2) is 0 Å². The Bertz CT molecular complexity index is 454. The maximum Gasteiger partial charge on any atom is 0.151 e. The lowest BCUT2D eigenvalue weighted by Gasteiger charge is -2.00. The van der Waals surface area contributed by atoms with E-state index in [0.717, 1.165) is 17.1 Å². The molecule has 2 rings (SSSR count). The van der Waals surface area contributed by atoms with Gasteiger partial charge < -0.3 is 5.32 Å². The molecule has 0 aliphatic heterocycles. The van der Waals surface area contributed by atoms with Crippen LogP contribution in [0.3, 0.4) is 0 Å². The third kappa shape index (κ3) is 2.18. The summed E-state index contributed by atoms with van der Waals surface area (Å²) in [5, 5.41) is 11.8. The molecule has 80 valence electrons. The van der Waals surface area contributed by atoms with E-state index < -0.39 is 0 Å². The van der Waals surface area contributed by atoms with Gasteiger partial charge in [-0.2, -0.15) is 10.2 Å². The zero-order valence-corrected chi connectivity index (χ0v) is 9.23. The maximum absolute atomic E-state index is 4.30. The Kier molecular flexibility index (Phi) is 2.45. The molecule has 0 saturated carbocycles. The molecule has 15 heavy (non-hydrogen) atoms. The first-order valence-corrected chi connectivity index (χ1v) is 4.88. The van der Waals surface area contributed by atoms with Crippen molar-refractivity contribution in [3.8, 4) is 0 Å². The van der Waals surface area contributed by atoms with Crippen molar-refractivity contribution in [2.45, 2.75) is 13.5 Å². The molecule has 0 fully saturated rings. The average molecular weight is 205 g/mol. The number of hydrogen-bond acceptors (Lipinski definition) is 3. The van der Waals surface area contributed by atoms with Gasteiger partial charge in [-0.15, -0.1) is 0 Å². The van der Waals surface area contributed by atoms with Crippen molar-refractivity contribution in [3.63, 3.8) is 0 Å². The zero-order chi connectivity index (χ0) is 10.8. The molecule has 2 aromatic heterocycles. The predicted octanol–water partition coefficient (Wildman–Crippen LogP) is 1.07. The molecule has 5 nitrogen and oxygen atoms in total. The van der Waals surface area contributed by atoms with Crippen LogP contribution in [0.4, 0.5) is 5.82 Å². The first-order valence-electron chi connectivity index (χ1n) is 4.88. The third-order valence-electron chi connectivity index (χ3n) is 2.22. The number of aryl methyl sites for hydroxylation is 3. The van der Waals surface area contributed by atoms with Crippen LogP contribution in [0.15, 0.2) is 18.5 Å². The normalized spacial score (nSPS) is 10.6. The number of rotatable bonds is 3. The minimum Gasteiger partial charge on any atom is -0.363 e. The summed E-state index contributed by atoms with van der Waals surface area (Å²) in [6.07, 6.45) is 3.92. The van der Waals surface area contributed by atoms with Crippen LogP contribution in [0.2, 0.25) is 0 Å². The summed E-state index contributed by atoms with van der Waals surface area (Å²) in [7, 11) is 3.83. The van der Waals surface area contributed by atoms with Crippen LogP contribution in [0.25, 0.3) is 0 Å². The van der Waals surface area contributed by atoms with Gasteiger partial charge in [-0.1, -0.05) is 0 Å². The van der Waals surface area contributed by atoms with Crippen molar-refractivity contribution in [3.05, 3.63) is 29.7 Å². The molecule has 0 aliphatic rings. The molecule has 2 aromatic rings. The zero-order valence-electron chi connectivity index (χ0n) is 9.23. The van der Waals surface area contributed by atoms with Crippen molar-refractivity contribution in [2.75, 3.05) is 5.32 Å². The first-order chi connectivity index (χ1) is 7.15. The van der Waals surface area contributed by atoms with E-state index in [1.165, 1.54) is 0 Å². The Morgan fingerprint density at radius 2 is 2.07 bits per heavy atom. The summed E-state index contributed by atoms with van der Waals surface area (Å²) in [4.78, 5) is 0. The summed E-state index contributed by atoms with van der Waals surface area (Å²) in [5.74, 6) is 0.920. The molecule has 0 bridgehead atoms. The fourth-order valence-corrected chi connectivity index (χ4v) is 1.51. The lowest BCUT2D eigenvalue weighted by atomic mass is 10.3.